The number of carbonyl (C=O) groups is 3. The molecule has 1 atom stereocenters. The highest BCUT2D eigenvalue weighted by molar-refractivity contribution is 6.05. The van der Waals surface area contributed by atoms with Crippen molar-refractivity contribution in [3.05, 3.63) is 70.3 Å². The Morgan fingerprint density at radius 2 is 1.75 bits per heavy atom. The minimum atomic E-state index is -0.587. The van der Waals surface area contributed by atoms with Crippen molar-refractivity contribution >= 4 is 17.7 Å². The summed E-state index contributed by atoms with van der Waals surface area (Å²) in [7, 11) is 0. The van der Waals surface area contributed by atoms with E-state index in [1.165, 1.54) is 5.56 Å². The van der Waals surface area contributed by atoms with Crippen LogP contribution in [0.1, 0.15) is 45.5 Å². The van der Waals surface area contributed by atoms with Gasteiger partial charge in [0.05, 0.1) is 6.61 Å². The molecule has 2 aromatic carbocycles. The Hall–Kier alpha value is -2.99. The van der Waals surface area contributed by atoms with Crippen molar-refractivity contribution in [1.82, 2.24) is 10.2 Å². The van der Waals surface area contributed by atoms with Gasteiger partial charge in [0.15, 0.2) is 0 Å². The summed E-state index contributed by atoms with van der Waals surface area (Å²) in [5, 5.41) is 11.5. The van der Waals surface area contributed by atoms with E-state index in [0.29, 0.717) is 18.5 Å². The van der Waals surface area contributed by atoms with Gasteiger partial charge >= 0.3 is 0 Å². The lowest BCUT2D eigenvalue weighted by Crippen LogP contribution is -2.52. The van der Waals surface area contributed by atoms with Gasteiger partial charge in [0.25, 0.3) is 5.91 Å². The second-order valence-corrected chi connectivity index (χ2v) is 7.32. The van der Waals surface area contributed by atoms with Crippen LogP contribution in [0.3, 0.4) is 0 Å². The molecule has 3 amide bonds. The molecule has 6 heteroatoms. The van der Waals surface area contributed by atoms with E-state index < -0.39 is 6.04 Å². The summed E-state index contributed by atoms with van der Waals surface area (Å²) in [6, 6.07) is 13.0. The second-order valence-electron chi connectivity index (χ2n) is 7.32. The number of benzene rings is 2. The number of aliphatic hydroxyl groups is 1. The number of fused-ring (bicyclic) bond motifs is 1. The smallest absolute Gasteiger partial charge is 0.255 e. The molecule has 1 fully saturated rings. The number of amides is 3. The number of aryl methyl sites for hydroxylation is 2. The third-order valence-corrected chi connectivity index (χ3v) is 5.57. The van der Waals surface area contributed by atoms with Crippen LogP contribution in [0.5, 0.6) is 0 Å². The van der Waals surface area contributed by atoms with Gasteiger partial charge in [-0.3, -0.25) is 19.7 Å². The SMILES string of the molecule is O=C1CCC(N2Cc3c(CCc4ccc(CO)cc4)cccc3C2=O)C(=O)N1. The minimum Gasteiger partial charge on any atom is -0.392 e. The number of aliphatic hydroxyl groups excluding tert-OH is 1. The number of nitrogens with zero attached hydrogens (tertiary/aromatic N) is 1. The van der Waals surface area contributed by atoms with E-state index in [1.807, 2.05) is 42.5 Å². The first-order valence-corrected chi connectivity index (χ1v) is 9.51. The number of imide groups is 1. The quantitative estimate of drug-likeness (QED) is 0.776. The lowest BCUT2D eigenvalue weighted by Gasteiger charge is -2.29. The maximum absolute atomic E-state index is 12.9. The van der Waals surface area contributed by atoms with Crippen LogP contribution >= 0.6 is 0 Å². The zero-order valence-corrected chi connectivity index (χ0v) is 15.5. The van der Waals surface area contributed by atoms with Crippen molar-refractivity contribution in [2.24, 2.45) is 0 Å². The highest BCUT2D eigenvalue weighted by Gasteiger charge is 2.39. The maximum Gasteiger partial charge on any atom is 0.255 e. The first kappa shape index (κ1) is 18.4. The van der Waals surface area contributed by atoms with Crippen LogP contribution in [0, 0.1) is 0 Å². The summed E-state index contributed by atoms with van der Waals surface area (Å²) in [5.74, 6) is -0.806. The van der Waals surface area contributed by atoms with Crippen LogP contribution in [0.15, 0.2) is 42.5 Å². The molecule has 0 bridgehead atoms. The predicted molar refractivity (Wildman–Crippen MR) is 102 cm³/mol. The summed E-state index contributed by atoms with van der Waals surface area (Å²) in [5.41, 5.74) is 4.78. The number of rotatable bonds is 5. The van der Waals surface area contributed by atoms with Crippen molar-refractivity contribution in [1.29, 1.82) is 0 Å². The zero-order chi connectivity index (χ0) is 19.7. The largest absolute Gasteiger partial charge is 0.392 e. The molecule has 28 heavy (non-hydrogen) atoms. The Kier molecular flexibility index (Phi) is 4.96. The van der Waals surface area contributed by atoms with Crippen LogP contribution in [0.25, 0.3) is 0 Å². The fourth-order valence-electron chi connectivity index (χ4n) is 3.97. The third-order valence-electron chi connectivity index (χ3n) is 5.57. The number of piperidine rings is 1. The molecule has 144 valence electrons. The molecule has 2 aliphatic heterocycles. The van der Waals surface area contributed by atoms with Gasteiger partial charge in [0.2, 0.25) is 11.8 Å². The van der Waals surface area contributed by atoms with Crippen LogP contribution < -0.4 is 5.32 Å². The van der Waals surface area contributed by atoms with Crippen molar-refractivity contribution in [2.75, 3.05) is 0 Å². The van der Waals surface area contributed by atoms with Crippen LogP contribution in [0.4, 0.5) is 0 Å². The van der Waals surface area contributed by atoms with Gasteiger partial charge in [0, 0.05) is 18.5 Å². The van der Waals surface area contributed by atoms with E-state index in [2.05, 4.69) is 5.32 Å². The number of hydrogen-bond acceptors (Lipinski definition) is 4. The van der Waals surface area contributed by atoms with Crippen LogP contribution in [-0.2, 0) is 35.6 Å². The van der Waals surface area contributed by atoms with E-state index >= 15 is 0 Å². The van der Waals surface area contributed by atoms with Gasteiger partial charge in [-0.15, -0.1) is 0 Å². The molecule has 2 aliphatic rings. The Bertz CT molecular complexity index is 936. The summed E-state index contributed by atoms with van der Waals surface area (Å²) >= 11 is 0. The highest BCUT2D eigenvalue weighted by Crippen LogP contribution is 2.30. The molecule has 1 unspecified atom stereocenters. The van der Waals surface area contributed by atoms with Crippen molar-refractivity contribution in [3.63, 3.8) is 0 Å². The summed E-state index contributed by atoms with van der Waals surface area (Å²) < 4.78 is 0. The number of hydrogen-bond donors (Lipinski definition) is 2. The molecule has 0 radical (unpaired) electrons. The summed E-state index contributed by atoms with van der Waals surface area (Å²) in [6.07, 6.45) is 2.25. The Morgan fingerprint density at radius 3 is 2.46 bits per heavy atom. The number of nitrogens with one attached hydrogen (secondary N) is 1. The highest BCUT2D eigenvalue weighted by atomic mass is 16.3. The summed E-state index contributed by atoms with van der Waals surface area (Å²) in [4.78, 5) is 38.0. The standard InChI is InChI=1S/C22H22N2O4/c25-13-15-6-4-14(5-7-15)8-9-16-2-1-3-17-18(16)12-24(22(17)28)19-10-11-20(26)23-21(19)27/h1-7,19,25H,8-13H2,(H,23,26,27). The monoisotopic (exact) mass is 378 g/mol. The fourth-order valence-corrected chi connectivity index (χ4v) is 3.97. The molecule has 4 rings (SSSR count). The van der Waals surface area contributed by atoms with E-state index in [9.17, 15) is 14.4 Å². The normalized spacial score (nSPS) is 19.0. The van der Waals surface area contributed by atoms with Crippen molar-refractivity contribution < 1.29 is 19.5 Å². The van der Waals surface area contributed by atoms with Gasteiger partial charge in [-0.05, 0) is 47.6 Å². The molecule has 0 aliphatic carbocycles. The van der Waals surface area contributed by atoms with Gasteiger partial charge in [-0.25, -0.2) is 0 Å². The van der Waals surface area contributed by atoms with E-state index in [-0.39, 0.29) is 30.7 Å². The molecule has 0 saturated carbocycles. The van der Waals surface area contributed by atoms with E-state index in [1.54, 1.807) is 4.90 Å². The lowest BCUT2D eigenvalue weighted by molar-refractivity contribution is -0.136. The predicted octanol–water partition coefficient (Wildman–Crippen LogP) is 1.73. The summed E-state index contributed by atoms with van der Waals surface area (Å²) in [6.45, 7) is 0.435. The third kappa shape index (κ3) is 3.43. The Balaban J connectivity index is 1.50. The fraction of sp³-hybridized carbons (Fsp3) is 0.318. The van der Waals surface area contributed by atoms with E-state index in [4.69, 9.17) is 5.11 Å². The van der Waals surface area contributed by atoms with E-state index in [0.717, 1.165) is 29.5 Å². The molecular weight excluding hydrogens is 356 g/mol. The van der Waals surface area contributed by atoms with Crippen molar-refractivity contribution in [3.8, 4) is 0 Å². The first-order valence-electron chi connectivity index (χ1n) is 9.51. The van der Waals surface area contributed by atoms with Gasteiger partial charge in [-0.2, -0.15) is 0 Å². The van der Waals surface area contributed by atoms with Crippen molar-refractivity contribution in [2.45, 2.75) is 44.9 Å². The molecule has 0 aromatic heterocycles. The molecular formula is C22H22N2O4. The molecule has 0 spiro atoms. The topological polar surface area (TPSA) is 86.7 Å². The Labute approximate surface area is 163 Å². The lowest BCUT2D eigenvalue weighted by atomic mass is 9.97. The van der Waals surface area contributed by atoms with Gasteiger partial charge in [-0.1, -0.05) is 36.4 Å². The average molecular weight is 378 g/mol. The zero-order valence-electron chi connectivity index (χ0n) is 15.5. The minimum absolute atomic E-state index is 0.0325. The average Bonchev–Trinajstić information content (AvgIpc) is 3.04. The van der Waals surface area contributed by atoms with Crippen LogP contribution in [-0.4, -0.2) is 33.8 Å². The molecule has 6 nitrogen and oxygen atoms in total. The first-order chi connectivity index (χ1) is 13.6. The maximum atomic E-state index is 12.9. The molecule has 2 aromatic rings. The second kappa shape index (κ2) is 7.56. The molecule has 2 N–H and O–H groups in total. The van der Waals surface area contributed by atoms with Gasteiger partial charge < -0.3 is 10.0 Å². The molecule has 2 heterocycles. The molecule has 1 saturated heterocycles. The number of carbonyl (C=O) groups excluding carboxylic acids is 3. The van der Waals surface area contributed by atoms with Gasteiger partial charge in [0.1, 0.15) is 6.04 Å². The van der Waals surface area contributed by atoms with Crippen LogP contribution in [0.2, 0.25) is 0 Å². The Morgan fingerprint density at radius 1 is 1.00 bits per heavy atom.